The van der Waals surface area contributed by atoms with Crippen LogP contribution in [0.5, 0.6) is 0 Å². The van der Waals surface area contributed by atoms with Gasteiger partial charge in [-0.1, -0.05) is 40.2 Å². The van der Waals surface area contributed by atoms with Gasteiger partial charge in [0.1, 0.15) is 0 Å². The molecule has 6 heteroatoms. The Balaban J connectivity index is 1.54. The van der Waals surface area contributed by atoms with Crippen molar-refractivity contribution in [3.8, 4) is 45.6 Å². The molecule has 0 amide bonds. The van der Waals surface area contributed by atoms with Crippen molar-refractivity contribution in [2.45, 2.75) is 0 Å². The molecule has 0 radical (unpaired) electrons. The quantitative estimate of drug-likeness (QED) is 0.321. The van der Waals surface area contributed by atoms with E-state index in [2.05, 4.69) is 25.9 Å². The maximum Gasteiger partial charge on any atom is 0.0905 e. The average molecular weight is 466 g/mol. The van der Waals surface area contributed by atoms with Gasteiger partial charge in [0, 0.05) is 16.9 Å². The SMILES string of the molecule is Brc1cc(-c2ccccn2)nc(-c2cccc(-c3cccc(-c4ccccn4)n3)n2)c1. The van der Waals surface area contributed by atoms with Crippen LogP contribution in [0, 0.1) is 0 Å². The second kappa shape index (κ2) is 8.53. The minimum Gasteiger partial charge on any atom is -0.255 e. The Labute approximate surface area is 188 Å². The van der Waals surface area contributed by atoms with Crippen LogP contribution in [-0.2, 0) is 0 Å². The van der Waals surface area contributed by atoms with E-state index in [1.807, 2.05) is 84.9 Å². The Hall–Kier alpha value is -3.77. The molecule has 0 aliphatic heterocycles. The summed E-state index contributed by atoms with van der Waals surface area (Å²) in [5.74, 6) is 0. The molecule has 0 bridgehead atoms. The molecule has 31 heavy (non-hydrogen) atoms. The van der Waals surface area contributed by atoms with Gasteiger partial charge in [-0.05, 0) is 60.7 Å². The van der Waals surface area contributed by atoms with Gasteiger partial charge in [-0.3, -0.25) is 9.97 Å². The first kappa shape index (κ1) is 19.2. The second-order valence-corrected chi connectivity index (χ2v) is 7.72. The highest BCUT2D eigenvalue weighted by atomic mass is 79.9. The van der Waals surface area contributed by atoms with Crippen LogP contribution in [0.15, 0.2) is 102 Å². The smallest absolute Gasteiger partial charge is 0.0905 e. The topological polar surface area (TPSA) is 64.5 Å². The predicted octanol–water partition coefficient (Wildman–Crippen LogP) is 6.09. The van der Waals surface area contributed by atoms with Gasteiger partial charge in [0.25, 0.3) is 0 Å². The zero-order valence-electron chi connectivity index (χ0n) is 16.4. The standard InChI is InChI=1S/C25H16BrN5/c26-17-15-24(19-8-2-4-14-28-19)31-25(16-17)23-12-6-11-22(30-23)21-10-5-9-20(29-21)18-7-1-3-13-27-18/h1-16H. The molecule has 0 aliphatic carbocycles. The fourth-order valence-corrected chi connectivity index (χ4v) is 3.66. The van der Waals surface area contributed by atoms with E-state index in [0.29, 0.717) is 0 Å². The van der Waals surface area contributed by atoms with Gasteiger partial charge < -0.3 is 0 Å². The summed E-state index contributed by atoms with van der Waals surface area (Å²) in [4.78, 5) is 23.2. The predicted molar refractivity (Wildman–Crippen MR) is 125 cm³/mol. The summed E-state index contributed by atoms with van der Waals surface area (Å²) in [6, 6.07) is 27.2. The lowest BCUT2D eigenvalue weighted by molar-refractivity contribution is 1.19. The highest BCUT2D eigenvalue weighted by molar-refractivity contribution is 9.10. The van der Waals surface area contributed by atoms with Crippen LogP contribution < -0.4 is 0 Å². The van der Waals surface area contributed by atoms with Gasteiger partial charge in [0.15, 0.2) is 0 Å². The molecule has 5 heterocycles. The van der Waals surface area contributed by atoms with Crippen molar-refractivity contribution in [3.63, 3.8) is 0 Å². The fourth-order valence-electron chi connectivity index (χ4n) is 3.23. The lowest BCUT2D eigenvalue weighted by atomic mass is 10.1. The highest BCUT2D eigenvalue weighted by Crippen LogP contribution is 2.27. The molecule has 148 valence electrons. The third kappa shape index (κ3) is 4.25. The number of pyridine rings is 5. The van der Waals surface area contributed by atoms with Crippen molar-refractivity contribution in [1.29, 1.82) is 0 Å². The normalized spacial score (nSPS) is 10.7. The van der Waals surface area contributed by atoms with Crippen molar-refractivity contribution in [2.75, 3.05) is 0 Å². The molecule has 0 saturated heterocycles. The van der Waals surface area contributed by atoms with Crippen molar-refractivity contribution in [2.24, 2.45) is 0 Å². The van der Waals surface area contributed by atoms with Gasteiger partial charge in [-0.15, -0.1) is 0 Å². The van der Waals surface area contributed by atoms with E-state index in [0.717, 1.165) is 50.0 Å². The Bertz CT molecular complexity index is 1340. The molecule has 0 atom stereocenters. The van der Waals surface area contributed by atoms with Crippen LogP contribution >= 0.6 is 15.9 Å². The summed E-state index contributed by atoms with van der Waals surface area (Å²) < 4.78 is 0.917. The number of hydrogen-bond acceptors (Lipinski definition) is 5. The molecule has 0 spiro atoms. The molecule has 5 rings (SSSR count). The van der Waals surface area contributed by atoms with Gasteiger partial charge in [-0.25, -0.2) is 15.0 Å². The van der Waals surface area contributed by atoms with E-state index < -0.39 is 0 Å². The van der Waals surface area contributed by atoms with Gasteiger partial charge in [0.2, 0.25) is 0 Å². The first-order valence-electron chi connectivity index (χ1n) is 9.71. The third-order valence-electron chi connectivity index (χ3n) is 4.67. The molecule has 0 aliphatic rings. The van der Waals surface area contributed by atoms with Crippen molar-refractivity contribution >= 4 is 15.9 Å². The zero-order chi connectivity index (χ0) is 21.0. The van der Waals surface area contributed by atoms with E-state index >= 15 is 0 Å². The maximum absolute atomic E-state index is 4.84. The maximum atomic E-state index is 4.84. The number of aromatic nitrogens is 5. The van der Waals surface area contributed by atoms with Crippen LogP contribution in [0.25, 0.3) is 45.6 Å². The summed E-state index contributed by atoms with van der Waals surface area (Å²) in [5, 5.41) is 0. The number of nitrogens with zero attached hydrogens (tertiary/aromatic N) is 5. The van der Waals surface area contributed by atoms with Crippen LogP contribution in [0.1, 0.15) is 0 Å². The van der Waals surface area contributed by atoms with Gasteiger partial charge in [-0.2, -0.15) is 0 Å². The highest BCUT2D eigenvalue weighted by Gasteiger charge is 2.10. The molecule has 0 saturated carbocycles. The Kier molecular flexibility index (Phi) is 5.29. The average Bonchev–Trinajstić information content (AvgIpc) is 2.85. The van der Waals surface area contributed by atoms with Crippen LogP contribution in [-0.4, -0.2) is 24.9 Å². The minimum absolute atomic E-state index is 0.762. The van der Waals surface area contributed by atoms with Crippen LogP contribution in [0.4, 0.5) is 0 Å². The van der Waals surface area contributed by atoms with Crippen molar-refractivity contribution in [1.82, 2.24) is 24.9 Å². The minimum atomic E-state index is 0.762. The number of hydrogen-bond donors (Lipinski definition) is 0. The molecule has 0 fully saturated rings. The summed E-state index contributed by atoms with van der Waals surface area (Å²) in [5.41, 5.74) is 6.32. The number of rotatable bonds is 4. The monoisotopic (exact) mass is 465 g/mol. The molecule has 0 aromatic carbocycles. The van der Waals surface area contributed by atoms with Gasteiger partial charge in [0.05, 0.1) is 45.6 Å². The van der Waals surface area contributed by atoms with E-state index in [9.17, 15) is 0 Å². The fraction of sp³-hybridized carbons (Fsp3) is 0. The Morgan fingerprint density at radius 2 is 0.806 bits per heavy atom. The largest absolute Gasteiger partial charge is 0.255 e. The first-order valence-corrected chi connectivity index (χ1v) is 10.5. The molecule has 5 nitrogen and oxygen atoms in total. The summed E-state index contributed by atoms with van der Waals surface area (Å²) in [6.07, 6.45) is 3.53. The summed E-state index contributed by atoms with van der Waals surface area (Å²) in [6.45, 7) is 0. The lowest BCUT2D eigenvalue weighted by Crippen LogP contribution is -1.95. The van der Waals surface area contributed by atoms with E-state index in [1.54, 1.807) is 12.4 Å². The van der Waals surface area contributed by atoms with E-state index in [4.69, 9.17) is 15.0 Å². The molecular formula is C25H16BrN5. The molecule has 5 aromatic heterocycles. The number of halogens is 1. The lowest BCUT2D eigenvalue weighted by Gasteiger charge is -2.08. The van der Waals surface area contributed by atoms with Crippen molar-refractivity contribution in [3.05, 3.63) is 102 Å². The summed E-state index contributed by atoms with van der Waals surface area (Å²) in [7, 11) is 0. The Morgan fingerprint density at radius 1 is 0.419 bits per heavy atom. The zero-order valence-corrected chi connectivity index (χ0v) is 17.9. The third-order valence-corrected chi connectivity index (χ3v) is 5.13. The molecular weight excluding hydrogens is 450 g/mol. The second-order valence-electron chi connectivity index (χ2n) is 6.80. The van der Waals surface area contributed by atoms with Crippen LogP contribution in [0.3, 0.4) is 0 Å². The molecule has 0 N–H and O–H groups in total. The van der Waals surface area contributed by atoms with Crippen LogP contribution in [0.2, 0.25) is 0 Å². The Morgan fingerprint density at radius 3 is 1.32 bits per heavy atom. The van der Waals surface area contributed by atoms with E-state index in [-0.39, 0.29) is 0 Å². The first-order chi connectivity index (χ1) is 15.3. The van der Waals surface area contributed by atoms with E-state index in [1.165, 1.54) is 0 Å². The van der Waals surface area contributed by atoms with Crippen molar-refractivity contribution < 1.29 is 0 Å². The van der Waals surface area contributed by atoms with Gasteiger partial charge >= 0.3 is 0 Å². The summed E-state index contributed by atoms with van der Waals surface area (Å²) >= 11 is 3.59. The molecule has 0 unspecified atom stereocenters. The molecule has 5 aromatic rings.